The number of carbonyl (C=O) groups excluding carboxylic acids is 2. The first-order valence-electron chi connectivity index (χ1n) is 15.6. The van der Waals surface area contributed by atoms with Crippen LogP contribution in [0.1, 0.15) is 37.5 Å². The number of aryl methyl sites for hydroxylation is 1. The van der Waals surface area contributed by atoms with Crippen molar-refractivity contribution in [2.75, 3.05) is 24.1 Å². The molecule has 1 aliphatic rings. The van der Waals surface area contributed by atoms with Crippen LogP contribution in [0.3, 0.4) is 0 Å². The maximum atomic E-state index is 14.7. The van der Waals surface area contributed by atoms with Gasteiger partial charge in [0.15, 0.2) is 11.5 Å². The number of nitrogens with one attached hydrogen (secondary N) is 1. The van der Waals surface area contributed by atoms with E-state index < -0.39 is 34.1 Å². The fourth-order valence-corrected chi connectivity index (χ4v) is 6.84. The average Bonchev–Trinajstić information content (AvgIpc) is 3.05. The molecule has 0 fully saturated rings. The van der Waals surface area contributed by atoms with Gasteiger partial charge in [-0.3, -0.25) is 13.9 Å². The molecule has 1 aliphatic heterocycles. The van der Waals surface area contributed by atoms with Crippen molar-refractivity contribution in [3.8, 4) is 11.5 Å². The van der Waals surface area contributed by atoms with Gasteiger partial charge in [0, 0.05) is 24.6 Å². The Kier molecular flexibility index (Phi) is 10.2. The second kappa shape index (κ2) is 14.3. The summed E-state index contributed by atoms with van der Waals surface area (Å²) < 4.78 is 41.0. The minimum Gasteiger partial charge on any atom is -0.486 e. The molecule has 4 aromatic rings. The van der Waals surface area contributed by atoms with Crippen LogP contribution >= 0.6 is 0 Å². The number of anilines is 1. The van der Waals surface area contributed by atoms with Crippen LogP contribution < -0.4 is 19.1 Å². The number of ether oxygens (including phenoxy) is 2. The molecule has 0 bridgehead atoms. The number of nitrogens with zero attached hydrogens (tertiary/aromatic N) is 2. The molecule has 1 unspecified atom stereocenters. The van der Waals surface area contributed by atoms with Crippen LogP contribution in [0.25, 0.3) is 0 Å². The van der Waals surface area contributed by atoms with Crippen molar-refractivity contribution >= 4 is 27.5 Å². The van der Waals surface area contributed by atoms with Crippen LogP contribution in [0, 0.1) is 6.92 Å². The summed E-state index contributed by atoms with van der Waals surface area (Å²) in [5.74, 6) is 0.0109. The second-order valence-corrected chi connectivity index (χ2v) is 14.4. The van der Waals surface area contributed by atoms with Crippen molar-refractivity contribution < 1.29 is 27.5 Å². The first kappa shape index (κ1) is 33.5. The van der Waals surface area contributed by atoms with Crippen molar-refractivity contribution in [3.05, 3.63) is 120 Å². The predicted molar refractivity (Wildman–Crippen MR) is 182 cm³/mol. The van der Waals surface area contributed by atoms with Crippen LogP contribution in [0.5, 0.6) is 11.5 Å². The molecule has 1 heterocycles. The van der Waals surface area contributed by atoms with Crippen molar-refractivity contribution in [1.82, 2.24) is 10.2 Å². The second-order valence-electron chi connectivity index (χ2n) is 12.5. The Morgan fingerprint density at radius 1 is 0.830 bits per heavy atom. The molecule has 47 heavy (non-hydrogen) atoms. The molecule has 1 atom stereocenters. The zero-order valence-electron chi connectivity index (χ0n) is 27.2. The van der Waals surface area contributed by atoms with E-state index in [0.29, 0.717) is 24.7 Å². The molecule has 4 aromatic carbocycles. The number of amides is 2. The van der Waals surface area contributed by atoms with E-state index in [9.17, 15) is 18.0 Å². The van der Waals surface area contributed by atoms with Gasteiger partial charge in [0.2, 0.25) is 11.8 Å². The lowest BCUT2D eigenvalue weighted by atomic mass is 10.00. The van der Waals surface area contributed by atoms with Gasteiger partial charge in [-0.05, 0) is 68.7 Å². The summed E-state index contributed by atoms with van der Waals surface area (Å²) in [6, 6.07) is 29.0. The van der Waals surface area contributed by atoms with Gasteiger partial charge >= 0.3 is 0 Å². The average molecular weight is 656 g/mol. The van der Waals surface area contributed by atoms with E-state index in [1.165, 1.54) is 17.0 Å². The van der Waals surface area contributed by atoms with Crippen LogP contribution in [0.4, 0.5) is 5.69 Å². The van der Waals surface area contributed by atoms with Crippen LogP contribution in [-0.4, -0.2) is 56.5 Å². The summed E-state index contributed by atoms with van der Waals surface area (Å²) in [4.78, 5) is 30.3. The maximum absolute atomic E-state index is 14.7. The van der Waals surface area contributed by atoms with E-state index in [4.69, 9.17) is 9.47 Å². The summed E-state index contributed by atoms with van der Waals surface area (Å²) in [6.45, 7) is 7.83. The minimum atomic E-state index is -4.23. The van der Waals surface area contributed by atoms with Crippen LogP contribution in [0.15, 0.2) is 108 Å². The number of sulfonamides is 1. The van der Waals surface area contributed by atoms with Gasteiger partial charge in [0.1, 0.15) is 25.8 Å². The van der Waals surface area contributed by atoms with Crippen LogP contribution in [0.2, 0.25) is 0 Å². The van der Waals surface area contributed by atoms with Crippen molar-refractivity contribution in [3.63, 3.8) is 0 Å². The number of rotatable bonds is 11. The lowest BCUT2D eigenvalue weighted by Gasteiger charge is -2.35. The SMILES string of the molecule is Cc1ccccc1CN(C(=O)CN(c1ccc2c(c1)OCCO2)S(=O)(=O)c1ccccc1)C(Cc1ccccc1)C(=O)NC(C)(C)C. The van der Waals surface area contributed by atoms with Gasteiger partial charge in [0.05, 0.1) is 10.6 Å². The van der Waals surface area contributed by atoms with Gasteiger partial charge in [-0.1, -0.05) is 72.8 Å². The fraction of sp³-hybridized carbons (Fsp3) is 0.297. The Morgan fingerprint density at radius 2 is 1.45 bits per heavy atom. The number of benzene rings is 4. The molecule has 0 aromatic heterocycles. The topological polar surface area (TPSA) is 105 Å². The molecule has 10 heteroatoms. The molecule has 9 nitrogen and oxygen atoms in total. The van der Waals surface area contributed by atoms with Gasteiger partial charge in [-0.15, -0.1) is 0 Å². The van der Waals surface area contributed by atoms with E-state index in [0.717, 1.165) is 21.0 Å². The van der Waals surface area contributed by atoms with Crippen molar-refractivity contribution in [2.45, 2.75) is 57.1 Å². The van der Waals surface area contributed by atoms with Gasteiger partial charge in [0.25, 0.3) is 10.0 Å². The normalized spacial score (nSPS) is 13.4. The Labute approximate surface area is 277 Å². The van der Waals surface area contributed by atoms with Gasteiger partial charge in [-0.25, -0.2) is 8.42 Å². The molecule has 0 radical (unpaired) electrons. The molecule has 0 saturated heterocycles. The largest absolute Gasteiger partial charge is 0.486 e. The minimum absolute atomic E-state index is 0.0273. The summed E-state index contributed by atoms with van der Waals surface area (Å²) in [5, 5.41) is 3.06. The van der Waals surface area contributed by atoms with Crippen molar-refractivity contribution in [2.24, 2.45) is 0 Å². The standard InChI is InChI=1S/C37H41N3O6S/c1-27-13-11-12-16-29(27)25-39(32(36(42)38-37(2,3)4)23-28-14-7-5-8-15-28)35(41)26-40(47(43,44)31-17-9-6-10-18-31)30-19-20-33-34(24-30)46-22-21-45-33/h5-20,24,32H,21-23,25-26H2,1-4H3,(H,38,42). The van der Waals surface area contributed by atoms with E-state index >= 15 is 0 Å². The number of hydrogen-bond acceptors (Lipinski definition) is 6. The molecule has 5 rings (SSSR count). The first-order chi connectivity index (χ1) is 22.4. The third-order valence-corrected chi connectivity index (χ3v) is 9.58. The molecule has 1 N–H and O–H groups in total. The molecular weight excluding hydrogens is 614 g/mol. The zero-order valence-corrected chi connectivity index (χ0v) is 28.0. The van der Waals surface area contributed by atoms with Gasteiger partial charge in [-0.2, -0.15) is 0 Å². The number of carbonyl (C=O) groups is 2. The van der Waals surface area contributed by atoms with Crippen LogP contribution in [-0.2, 0) is 32.6 Å². The summed E-state index contributed by atoms with van der Waals surface area (Å²) in [6.07, 6.45) is 0.232. The monoisotopic (exact) mass is 655 g/mol. The lowest BCUT2D eigenvalue weighted by molar-refractivity contribution is -0.140. The highest BCUT2D eigenvalue weighted by Crippen LogP contribution is 2.36. The Morgan fingerprint density at radius 3 is 2.11 bits per heavy atom. The summed E-state index contributed by atoms with van der Waals surface area (Å²) in [5.41, 5.74) is 2.32. The molecule has 0 saturated carbocycles. The highest BCUT2D eigenvalue weighted by Gasteiger charge is 2.36. The number of fused-ring (bicyclic) bond motifs is 1. The maximum Gasteiger partial charge on any atom is 0.264 e. The van der Waals surface area contributed by atoms with E-state index in [2.05, 4.69) is 5.32 Å². The molecular formula is C37H41N3O6S. The Hall–Kier alpha value is -4.83. The molecule has 0 aliphatic carbocycles. The lowest BCUT2D eigenvalue weighted by Crippen LogP contribution is -2.56. The third kappa shape index (κ3) is 8.31. The smallest absolute Gasteiger partial charge is 0.264 e. The van der Waals surface area contributed by atoms with Gasteiger partial charge < -0.3 is 19.7 Å². The summed E-state index contributed by atoms with van der Waals surface area (Å²) in [7, 11) is -4.23. The molecule has 2 amide bonds. The molecule has 0 spiro atoms. The first-order valence-corrected chi connectivity index (χ1v) is 17.0. The zero-order chi connectivity index (χ0) is 33.6. The number of hydrogen-bond donors (Lipinski definition) is 1. The molecule has 246 valence electrons. The quantitative estimate of drug-likeness (QED) is 0.228. The summed E-state index contributed by atoms with van der Waals surface area (Å²) >= 11 is 0. The van der Waals surface area contributed by atoms with E-state index in [1.807, 2.05) is 82.3 Å². The van der Waals surface area contributed by atoms with E-state index in [-0.39, 0.29) is 29.5 Å². The fourth-order valence-electron chi connectivity index (χ4n) is 5.41. The predicted octanol–water partition coefficient (Wildman–Crippen LogP) is 5.52. The highest BCUT2D eigenvalue weighted by molar-refractivity contribution is 7.92. The Balaban J connectivity index is 1.60. The highest BCUT2D eigenvalue weighted by atomic mass is 32.2. The third-order valence-electron chi connectivity index (χ3n) is 7.80. The van der Waals surface area contributed by atoms with E-state index in [1.54, 1.807) is 36.4 Å². The Bertz CT molecular complexity index is 1810. The van der Waals surface area contributed by atoms with Crippen molar-refractivity contribution in [1.29, 1.82) is 0 Å².